The van der Waals surface area contributed by atoms with E-state index in [1.807, 2.05) is 20.8 Å². The second-order valence-electron chi connectivity index (χ2n) is 11.7. The third-order valence-corrected chi connectivity index (χ3v) is 9.04. The number of hydrogen-bond acceptors (Lipinski definition) is 7. The molecule has 2 amide bonds. The molecule has 2 atom stereocenters. The van der Waals surface area contributed by atoms with Crippen LogP contribution in [0.3, 0.4) is 0 Å². The highest BCUT2D eigenvalue weighted by Gasteiger charge is 2.28. The SMILES string of the molecule is CC#Cc1cc(C(=O)NC(Cc2ccc(O)cc2)C(O)CN(CCCC)NS(=O)(=O)c2ccccc2)cc(C(=O)N(CCC)CCC)c1. The third-order valence-electron chi connectivity index (χ3n) is 7.65. The first-order chi connectivity index (χ1) is 23.0. The van der Waals surface area contributed by atoms with Crippen LogP contribution in [0.1, 0.15) is 85.2 Å². The number of rotatable bonds is 18. The van der Waals surface area contributed by atoms with E-state index < -0.39 is 28.1 Å². The van der Waals surface area contributed by atoms with E-state index in [1.54, 1.807) is 60.4 Å². The minimum Gasteiger partial charge on any atom is -0.508 e. The molecule has 0 radical (unpaired) electrons. The zero-order valence-corrected chi connectivity index (χ0v) is 29.1. The Morgan fingerprint density at radius 1 is 0.875 bits per heavy atom. The summed E-state index contributed by atoms with van der Waals surface area (Å²) in [6.07, 6.45) is 2.00. The highest BCUT2D eigenvalue weighted by atomic mass is 32.2. The normalized spacial score (nSPS) is 12.5. The van der Waals surface area contributed by atoms with Gasteiger partial charge < -0.3 is 20.4 Å². The van der Waals surface area contributed by atoms with Crippen LogP contribution in [0, 0.1) is 11.8 Å². The quantitative estimate of drug-likeness (QED) is 0.113. The molecular weight excluding hydrogens is 628 g/mol. The molecule has 4 N–H and O–H groups in total. The topological polar surface area (TPSA) is 139 Å². The van der Waals surface area contributed by atoms with Crippen LogP contribution in [0.25, 0.3) is 0 Å². The van der Waals surface area contributed by atoms with Crippen molar-refractivity contribution in [1.29, 1.82) is 0 Å². The molecule has 2 unspecified atom stereocenters. The Balaban J connectivity index is 1.94. The van der Waals surface area contributed by atoms with Gasteiger partial charge in [0.1, 0.15) is 5.75 Å². The molecular formula is C37H48N4O6S. The number of benzene rings is 3. The maximum atomic E-state index is 13.9. The average Bonchev–Trinajstić information content (AvgIpc) is 3.07. The molecule has 48 heavy (non-hydrogen) atoms. The molecule has 0 heterocycles. The van der Waals surface area contributed by atoms with Gasteiger partial charge in [0.25, 0.3) is 21.8 Å². The van der Waals surface area contributed by atoms with Crippen molar-refractivity contribution in [2.24, 2.45) is 0 Å². The smallest absolute Gasteiger partial charge is 0.253 e. The van der Waals surface area contributed by atoms with E-state index >= 15 is 0 Å². The van der Waals surface area contributed by atoms with E-state index in [-0.39, 0.29) is 35.1 Å². The maximum Gasteiger partial charge on any atom is 0.253 e. The standard InChI is InChI=1S/C37H48N4O6S/c1-5-9-22-41(39-48(46,47)33-14-11-10-12-15-33)27-35(43)34(25-28-16-18-32(42)19-17-28)38-36(44)30-23-29(13-6-2)24-31(26-30)37(45)40(20-7-3)21-8-4/h10-12,14-19,23-24,26,34-35,39,42-43H,5,7-9,20-22,25,27H2,1-4H3,(H,38,44). The second kappa shape index (κ2) is 19.0. The molecule has 0 aliphatic carbocycles. The predicted octanol–water partition coefficient (Wildman–Crippen LogP) is 4.72. The average molecular weight is 677 g/mol. The monoisotopic (exact) mass is 676 g/mol. The molecule has 0 saturated carbocycles. The molecule has 10 nitrogen and oxygen atoms in total. The first kappa shape index (κ1) is 38.2. The number of sulfonamides is 1. The van der Waals surface area contributed by atoms with Gasteiger partial charge in [-0.2, -0.15) is 0 Å². The lowest BCUT2D eigenvalue weighted by Crippen LogP contribution is -2.53. The number of carbonyl (C=O) groups excluding carboxylic acids is 2. The molecule has 0 spiro atoms. The van der Waals surface area contributed by atoms with Gasteiger partial charge in [0, 0.05) is 42.9 Å². The lowest BCUT2D eigenvalue weighted by molar-refractivity contribution is 0.0614. The number of unbranched alkanes of at least 4 members (excludes halogenated alkanes) is 1. The molecule has 0 bridgehead atoms. The lowest BCUT2D eigenvalue weighted by atomic mass is 9.99. The van der Waals surface area contributed by atoms with Crippen LogP contribution < -0.4 is 10.1 Å². The van der Waals surface area contributed by atoms with E-state index in [9.17, 15) is 28.2 Å². The van der Waals surface area contributed by atoms with Gasteiger partial charge in [-0.3, -0.25) is 9.59 Å². The first-order valence-corrected chi connectivity index (χ1v) is 18.0. The molecule has 3 aromatic carbocycles. The fourth-order valence-electron chi connectivity index (χ4n) is 5.26. The van der Waals surface area contributed by atoms with Gasteiger partial charge in [0.2, 0.25) is 0 Å². The van der Waals surface area contributed by atoms with Gasteiger partial charge in [-0.1, -0.05) is 63.4 Å². The highest BCUT2D eigenvalue weighted by Crippen LogP contribution is 2.17. The zero-order valence-electron chi connectivity index (χ0n) is 28.3. The number of aliphatic hydroxyl groups excluding tert-OH is 1. The number of phenols is 1. The van der Waals surface area contributed by atoms with Gasteiger partial charge in [-0.25, -0.2) is 13.4 Å². The van der Waals surface area contributed by atoms with Gasteiger partial charge in [-0.15, -0.1) is 10.8 Å². The molecule has 0 aliphatic rings. The molecule has 0 aromatic heterocycles. The van der Waals surface area contributed by atoms with Crippen molar-refractivity contribution in [1.82, 2.24) is 20.1 Å². The molecule has 3 aromatic rings. The molecule has 0 aliphatic heterocycles. The van der Waals surface area contributed by atoms with Crippen LogP contribution in [-0.2, 0) is 16.4 Å². The van der Waals surface area contributed by atoms with Gasteiger partial charge in [0.15, 0.2) is 0 Å². The van der Waals surface area contributed by atoms with Crippen molar-refractivity contribution in [2.75, 3.05) is 26.2 Å². The van der Waals surface area contributed by atoms with Crippen LogP contribution in [0.5, 0.6) is 5.75 Å². The summed E-state index contributed by atoms with van der Waals surface area (Å²) in [5.74, 6) is 5.16. The number of hydrogen-bond donors (Lipinski definition) is 4. The van der Waals surface area contributed by atoms with Crippen LogP contribution in [0.4, 0.5) is 0 Å². The fraction of sp³-hybridized carbons (Fsp3) is 0.405. The molecule has 11 heteroatoms. The Hall–Kier alpha value is -4.21. The Labute approximate surface area is 285 Å². The minimum absolute atomic E-state index is 0.0761. The number of aromatic hydroxyl groups is 1. The predicted molar refractivity (Wildman–Crippen MR) is 188 cm³/mol. The number of aliphatic hydroxyl groups is 1. The van der Waals surface area contributed by atoms with E-state index in [0.29, 0.717) is 37.2 Å². The summed E-state index contributed by atoms with van der Waals surface area (Å²) in [7, 11) is -3.93. The lowest BCUT2D eigenvalue weighted by Gasteiger charge is -2.30. The van der Waals surface area contributed by atoms with Gasteiger partial charge >= 0.3 is 0 Å². The fourth-order valence-corrected chi connectivity index (χ4v) is 6.38. The van der Waals surface area contributed by atoms with Crippen LogP contribution in [0.2, 0.25) is 0 Å². The number of nitrogens with zero attached hydrogens (tertiary/aromatic N) is 2. The molecule has 258 valence electrons. The minimum atomic E-state index is -3.93. The first-order valence-electron chi connectivity index (χ1n) is 16.5. The number of amides is 2. The second-order valence-corrected chi connectivity index (χ2v) is 13.4. The highest BCUT2D eigenvalue weighted by molar-refractivity contribution is 7.89. The largest absolute Gasteiger partial charge is 0.508 e. The van der Waals surface area contributed by atoms with Crippen molar-refractivity contribution in [2.45, 2.75) is 76.8 Å². The number of hydrazine groups is 1. The van der Waals surface area contributed by atoms with Gasteiger partial charge in [0.05, 0.1) is 17.0 Å². The Morgan fingerprint density at radius 2 is 1.52 bits per heavy atom. The van der Waals surface area contributed by atoms with Crippen molar-refractivity contribution < 1.29 is 28.2 Å². The van der Waals surface area contributed by atoms with Crippen LogP contribution in [-0.4, -0.2) is 78.7 Å². The van der Waals surface area contributed by atoms with E-state index in [4.69, 9.17) is 0 Å². The van der Waals surface area contributed by atoms with Crippen molar-refractivity contribution in [3.05, 3.63) is 95.1 Å². The summed E-state index contributed by atoms with van der Waals surface area (Å²) >= 11 is 0. The summed E-state index contributed by atoms with van der Waals surface area (Å²) in [5, 5.41) is 25.8. The Kier molecular flexibility index (Phi) is 15.1. The van der Waals surface area contributed by atoms with Crippen molar-refractivity contribution in [3.63, 3.8) is 0 Å². The summed E-state index contributed by atoms with van der Waals surface area (Å²) in [4.78, 5) is 31.8. The van der Waals surface area contributed by atoms with Crippen molar-refractivity contribution in [3.8, 4) is 17.6 Å². The summed E-state index contributed by atoms with van der Waals surface area (Å²) in [6.45, 7) is 9.04. The third kappa shape index (κ3) is 11.5. The van der Waals surface area contributed by atoms with Crippen LogP contribution >= 0.6 is 0 Å². The van der Waals surface area contributed by atoms with E-state index in [0.717, 1.165) is 24.8 Å². The summed E-state index contributed by atoms with van der Waals surface area (Å²) < 4.78 is 26.3. The Morgan fingerprint density at radius 3 is 2.12 bits per heavy atom. The zero-order chi connectivity index (χ0) is 35.1. The van der Waals surface area contributed by atoms with Gasteiger partial charge in [-0.05, 0) is 80.6 Å². The van der Waals surface area contributed by atoms with Crippen molar-refractivity contribution >= 4 is 21.8 Å². The number of phenolic OH excluding ortho intramolecular Hbond substituents is 1. The number of carbonyl (C=O) groups is 2. The molecule has 0 saturated heterocycles. The number of nitrogens with one attached hydrogen (secondary N) is 2. The molecule has 3 rings (SSSR count). The van der Waals surface area contributed by atoms with E-state index in [1.165, 1.54) is 29.3 Å². The molecule has 0 fully saturated rings. The summed E-state index contributed by atoms with van der Waals surface area (Å²) in [6, 6.07) is 18.4. The Bertz CT molecular complexity index is 1650. The van der Waals surface area contributed by atoms with E-state index in [2.05, 4.69) is 22.0 Å². The van der Waals surface area contributed by atoms with Crippen LogP contribution in [0.15, 0.2) is 77.7 Å². The maximum absolute atomic E-state index is 13.9. The summed E-state index contributed by atoms with van der Waals surface area (Å²) in [5.41, 5.74) is 1.80.